The van der Waals surface area contributed by atoms with Crippen molar-refractivity contribution < 1.29 is 14.7 Å². The van der Waals surface area contributed by atoms with E-state index in [0.717, 1.165) is 5.75 Å². The summed E-state index contributed by atoms with van der Waals surface area (Å²) in [6, 6.07) is -0.292. The highest BCUT2D eigenvalue weighted by Crippen LogP contribution is 2.18. The van der Waals surface area contributed by atoms with Crippen molar-refractivity contribution in [1.29, 1.82) is 0 Å². The van der Waals surface area contributed by atoms with E-state index in [1.807, 2.05) is 11.8 Å². The van der Waals surface area contributed by atoms with Gasteiger partial charge in [0.2, 0.25) is 0 Å². The van der Waals surface area contributed by atoms with Gasteiger partial charge in [0.25, 0.3) is 0 Å². The van der Waals surface area contributed by atoms with Crippen LogP contribution in [0.2, 0.25) is 0 Å². The predicted octanol–water partition coefficient (Wildman–Crippen LogP) is 0.996. The molecule has 5 nitrogen and oxygen atoms in total. The van der Waals surface area contributed by atoms with Gasteiger partial charge in [-0.3, -0.25) is 0 Å². The van der Waals surface area contributed by atoms with Gasteiger partial charge in [-0.05, 0) is 13.8 Å². The van der Waals surface area contributed by atoms with Crippen molar-refractivity contribution in [2.75, 3.05) is 18.8 Å². The first-order chi connectivity index (χ1) is 7.33. The summed E-state index contributed by atoms with van der Waals surface area (Å²) < 4.78 is 0. The highest BCUT2D eigenvalue weighted by molar-refractivity contribution is 7.99. The van der Waals surface area contributed by atoms with Crippen LogP contribution in [0.4, 0.5) is 4.79 Å². The van der Waals surface area contributed by atoms with E-state index in [1.54, 1.807) is 4.90 Å². The Morgan fingerprint density at radius 1 is 1.50 bits per heavy atom. The standard InChI is InChI=1S/C10H18N2O3S/c1-7-6-12(4-5-16-7)9(15)11-10(2,3)8(13)14/h7H,4-6H2,1-3H3,(H,11,15)(H,13,14). The van der Waals surface area contributed by atoms with E-state index in [4.69, 9.17) is 5.11 Å². The average Bonchev–Trinajstić information content (AvgIpc) is 2.16. The van der Waals surface area contributed by atoms with Gasteiger partial charge in [0.15, 0.2) is 0 Å². The Morgan fingerprint density at radius 3 is 2.62 bits per heavy atom. The number of thioether (sulfide) groups is 1. The highest BCUT2D eigenvalue weighted by Gasteiger charge is 2.31. The lowest BCUT2D eigenvalue weighted by Crippen LogP contribution is -2.56. The summed E-state index contributed by atoms with van der Waals surface area (Å²) in [5.41, 5.74) is -1.22. The summed E-state index contributed by atoms with van der Waals surface area (Å²) in [6.45, 7) is 6.37. The third-order valence-corrected chi connectivity index (χ3v) is 3.62. The van der Waals surface area contributed by atoms with Crippen molar-refractivity contribution in [2.24, 2.45) is 0 Å². The third kappa shape index (κ3) is 3.30. The normalized spacial score (nSPS) is 21.7. The number of rotatable bonds is 2. The maximum absolute atomic E-state index is 11.8. The van der Waals surface area contributed by atoms with Crippen molar-refractivity contribution in [2.45, 2.75) is 31.6 Å². The first-order valence-corrected chi connectivity index (χ1v) is 6.30. The van der Waals surface area contributed by atoms with Gasteiger partial charge in [-0.25, -0.2) is 9.59 Å². The minimum absolute atomic E-state index is 0.292. The first kappa shape index (κ1) is 13.2. The van der Waals surface area contributed by atoms with E-state index in [1.165, 1.54) is 13.8 Å². The van der Waals surface area contributed by atoms with Crippen LogP contribution in [0.15, 0.2) is 0 Å². The van der Waals surface area contributed by atoms with Gasteiger partial charge in [0.05, 0.1) is 0 Å². The molecule has 16 heavy (non-hydrogen) atoms. The molecule has 0 saturated carbocycles. The Hall–Kier alpha value is -0.910. The van der Waals surface area contributed by atoms with Crippen molar-refractivity contribution >= 4 is 23.8 Å². The van der Waals surface area contributed by atoms with Crippen LogP contribution in [-0.4, -0.2) is 51.6 Å². The Morgan fingerprint density at radius 2 is 2.12 bits per heavy atom. The van der Waals surface area contributed by atoms with Gasteiger partial charge < -0.3 is 15.3 Å². The molecule has 92 valence electrons. The summed E-state index contributed by atoms with van der Waals surface area (Å²) in [7, 11) is 0. The highest BCUT2D eigenvalue weighted by atomic mass is 32.2. The van der Waals surface area contributed by atoms with Gasteiger partial charge in [-0.15, -0.1) is 0 Å². The molecule has 0 aromatic heterocycles. The van der Waals surface area contributed by atoms with Crippen molar-refractivity contribution in [3.63, 3.8) is 0 Å². The summed E-state index contributed by atoms with van der Waals surface area (Å²) in [6.07, 6.45) is 0. The first-order valence-electron chi connectivity index (χ1n) is 5.25. The smallest absolute Gasteiger partial charge is 0.328 e. The van der Waals surface area contributed by atoms with E-state index >= 15 is 0 Å². The zero-order chi connectivity index (χ0) is 12.3. The second kappa shape index (κ2) is 4.95. The molecule has 1 unspecified atom stereocenters. The topological polar surface area (TPSA) is 69.6 Å². The zero-order valence-corrected chi connectivity index (χ0v) is 10.6. The van der Waals surface area contributed by atoms with Crippen LogP contribution >= 0.6 is 11.8 Å². The Kier molecular flexibility index (Phi) is 4.07. The van der Waals surface area contributed by atoms with E-state index < -0.39 is 11.5 Å². The molecule has 1 atom stereocenters. The Bertz CT molecular complexity index is 294. The number of carbonyl (C=O) groups excluding carboxylic acids is 1. The summed E-state index contributed by atoms with van der Waals surface area (Å²) in [5.74, 6) is -0.123. The number of carbonyl (C=O) groups is 2. The number of urea groups is 1. The molecule has 1 aliphatic rings. The van der Waals surface area contributed by atoms with E-state index in [-0.39, 0.29) is 6.03 Å². The lowest BCUT2D eigenvalue weighted by atomic mass is 10.1. The second-order valence-electron chi connectivity index (χ2n) is 4.49. The van der Waals surface area contributed by atoms with Gasteiger partial charge in [0, 0.05) is 24.1 Å². The minimum atomic E-state index is -1.22. The molecule has 1 rings (SSSR count). The van der Waals surface area contributed by atoms with Crippen molar-refractivity contribution in [3.05, 3.63) is 0 Å². The quantitative estimate of drug-likeness (QED) is 0.762. The molecule has 0 bridgehead atoms. The lowest BCUT2D eigenvalue weighted by Gasteiger charge is -2.33. The maximum atomic E-state index is 11.8. The number of nitrogens with zero attached hydrogens (tertiary/aromatic N) is 1. The van der Waals surface area contributed by atoms with E-state index in [2.05, 4.69) is 12.2 Å². The molecule has 0 aliphatic carbocycles. The largest absolute Gasteiger partial charge is 0.480 e. The zero-order valence-electron chi connectivity index (χ0n) is 9.82. The van der Waals surface area contributed by atoms with Crippen LogP contribution in [0.1, 0.15) is 20.8 Å². The third-order valence-electron chi connectivity index (χ3n) is 2.48. The van der Waals surface area contributed by atoms with Gasteiger partial charge >= 0.3 is 12.0 Å². The van der Waals surface area contributed by atoms with Crippen molar-refractivity contribution in [3.8, 4) is 0 Å². The number of aliphatic carboxylic acids is 1. The van der Waals surface area contributed by atoms with Crippen LogP contribution in [0, 0.1) is 0 Å². The molecule has 1 saturated heterocycles. The van der Waals surface area contributed by atoms with Gasteiger partial charge in [-0.1, -0.05) is 6.92 Å². The van der Waals surface area contributed by atoms with E-state index in [0.29, 0.717) is 18.3 Å². The molecule has 0 spiro atoms. The summed E-state index contributed by atoms with van der Waals surface area (Å²) in [5, 5.41) is 11.8. The number of nitrogens with one attached hydrogen (secondary N) is 1. The number of hydrogen-bond donors (Lipinski definition) is 2. The lowest BCUT2D eigenvalue weighted by molar-refractivity contribution is -0.143. The molecule has 2 N–H and O–H groups in total. The molecule has 0 radical (unpaired) electrons. The van der Waals surface area contributed by atoms with E-state index in [9.17, 15) is 9.59 Å². The Labute approximate surface area is 99.6 Å². The number of amides is 2. The molecule has 1 fully saturated rings. The maximum Gasteiger partial charge on any atom is 0.328 e. The molecule has 6 heteroatoms. The average molecular weight is 246 g/mol. The Balaban J connectivity index is 2.55. The van der Waals surface area contributed by atoms with Crippen LogP contribution < -0.4 is 5.32 Å². The fourth-order valence-electron chi connectivity index (χ4n) is 1.40. The monoisotopic (exact) mass is 246 g/mol. The minimum Gasteiger partial charge on any atom is -0.480 e. The number of hydrogen-bond acceptors (Lipinski definition) is 3. The summed E-state index contributed by atoms with van der Waals surface area (Å²) in [4.78, 5) is 24.3. The van der Waals surface area contributed by atoms with Crippen molar-refractivity contribution in [1.82, 2.24) is 10.2 Å². The molecular formula is C10H18N2O3S. The summed E-state index contributed by atoms with van der Waals surface area (Å²) >= 11 is 1.83. The molecule has 0 aromatic rings. The fraction of sp³-hybridized carbons (Fsp3) is 0.800. The molecule has 1 heterocycles. The van der Waals surface area contributed by atoms with Crippen LogP contribution in [-0.2, 0) is 4.79 Å². The van der Waals surface area contributed by atoms with Crippen LogP contribution in [0.5, 0.6) is 0 Å². The fourth-order valence-corrected chi connectivity index (χ4v) is 2.42. The molecular weight excluding hydrogens is 228 g/mol. The second-order valence-corrected chi connectivity index (χ2v) is 6.03. The van der Waals surface area contributed by atoms with Crippen LogP contribution in [0.25, 0.3) is 0 Å². The van der Waals surface area contributed by atoms with Gasteiger partial charge in [-0.2, -0.15) is 11.8 Å². The van der Waals surface area contributed by atoms with Gasteiger partial charge in [0.1, 0.15) is 5.54 Å². The number of carboxylic acid groups (broad SMARTS) is 1. The number of carboxylic acids is 1. The molecule has 2 amide bonds. The predicted molar refractivity (Wildman–Crippen MR) is 63.7 cm³/mol. The van der Waals surface area contributed by atoms with Crippen LogP contribution in [0.3, 0.4) is 0 Å². The molecule has 1 aliphatic heterocycles. The SMILES string of the molecule is CC1CN(C(=O)NC(C)(C)C(=O)O)CCS1. The molecule has 0 aromatic carbocycles.